The number of unbranched alkanes of at least 4 members (excludes halogenated alkanes) is 2. The second-order valence-electron chi connectivity index (χ2n) is 12.9. The quantitative estimate of drug-likeness (QED) is 0.0614. The van der Waals surface area contributed by atoms with Gasteiger partial charge in [-0.2, -0.15) is 0 Å². The molecule has 3 aromatic rings. The van der Waals surface area contributed by atoms with E-state index in [1.807, 2.05) is 64.8 Å². The van der Waals surface area contributed by atoms with Crippen molar-refractivity contribution in [2.24, 2.45) is 0 Å². The van der Waals surface area contributed by atoms with Gasteiger partial charge in [-0.15, -0.1) is 23.5 Å². The minimum atomic E-state index is -0.378. The predicted octanol–water partition coefficient (Wildman–Crippen LogP) is 7.99. The largest absolute Gasteiger partial charge is 0.493 e. The van der Waals surface area contributed by atoms with Crippen LogP contribution in [0.15, 0.2) is 48.5 Å². The van der Waals surface area contributed by atoms with E-state index in [9.17, 15) is 4.79 Å². The molecule has 2 aliphatic rings. The van der Waals surface area contributed by atoms with E-state index in [0.29, 0.717) is 69.3 Å². The van der Waals surface area contributed by atoms with E-state index in [2.05, 4.69) is 19.3 Å². The van der Waals surface area contributed by atoms with Crippen LogP contribution in [0.2, 0.25) is 0 Å². The Balaban J connectivity index is 1.11. The maximum absolute atomic E-state index is 13.8. The normalized spacial score (nSPS) is 16.4. The van der Waals surface area contributed by atoms with Crippen molar-refractivity contribution in [1.82, 2.24) is 10.4 Å². The van der Waals surface area contributed by atoms with Crippen LogP contribution < -0.4 is 44.4 Å². The fourth-order valence-electron chi connectivity index (χ4n) is 6.75. The van der Waals surface area contributed by atoms with Crippen LogP contribution in [-0.4, -0.2) is 88.2 Å². The number of benzene rings is 3. The second kappa shape index (κ2) is 20.6. The zero-order chi connectivity index (χ0) is 39.3. The summed E-state index contributed by atoms with van der Waals surface area (Å²) in [6, 6.07) is 13.1. The molecule has 1 fully saturated rings. The van der Waals surface area contributed by atoms with Crippen LogP contribution in [-0.2, 0) is 4.84 Å². The first-order valence-corrected chi connectivity index (χ1v) is 20.8. The summed E-state index contributed by atoms with van der Waals surface area (Å²) in [5.74, 6) is 5.92. The van der Waals surface area contributed by atoms with Gasteiger partial charge in [0, 0.05) is 23.9 Å². The zero-order valence-corrected chi connectivity index (χ0v) is 34.6. The first kappa shape index (κ1) is 41.9. The maximum atomic E-state index is 13.8. The lowest BCUT2D eigenvalue weighted by Crippen LogP contribution is -2.41. The summed E-state index contributed by atoms with van der Waals surface area (Å²) in [5.41, 5.74) is 12.9. The molecule has 5 rings (SSSR count). The molecule has 14 heteroatoms. The summed E-state index contributed by atoms with van der Waals surface area (Å²) in [6.07, 6.45) is 6.11. The van der Waals surface area contributed by atoms with Gasteiger partial charge in [0.15, 0.2) is 34.5 Å². The molecule has 1 amide bonds. The van der Waals surface area contributed by atoms with Crippen molar-refractivity contribution in [3.8, 4) is 40.2 Å². The third-order valence-electron chi connectivity index (χ3n) is 9.51. The van der Waals surface area contributed by atoms with Crippen LogP contribution in [0.1, 0.15) is 73.5 Å². The number of ether oxygens (including phenoxy) is 7. The monoisotopic (exact) mass is 797 g/mol. The minimum absolute atomic E-state index is 0.0445. The van der Waals surface area contributed by atoms with E-state index in [1.165, 1.54) is 0 Å². The Hall–Kier alpha value is -4.27. The minimum Gasteiger partial charge on any atom is -0.493 e. The summed E-state index contributed by atoms with van der Waals surface area (Å²) >= 11 is 3.83. The molecule has 2 heterocycles. The topological polar surface area (TPSA) is 132 Å². The number of nitrogen functional groups attached to an aromatic ring is 1. The van der Waals surface area contributed by atoms with E-state index in [0.717, 1.165) is 67.0 Å². The predicted molar refractivity (Wildman–Crippen MR) is 220 cm³/mol. The van der Waals surface area contributed by atoms with Crippen molar-refractivity contribution in [3.63, 3.8) is 0 Å². The molecule has 2 atom stereocenters. The van der Waals surface area contributed by atoms with E-state index >= 15 is 0 Å². The highest BCUT2D eigenvalue weighted by Gasteiger charge is 2.36. The van der Waals surface area contributed by atoms with Crippen molar-refractivity contribution in [2.75, 3.05) is 72.5 Å². The zero-order valence-electron chi connectivity index (χ0n) is 32.9. The highest BCUT2D eigenvalue weighted by molar-refractivity contribution is 8.17. The number of carbonyl (C=O) groups excluding carboxylic acids is 1. The Morgan fingerprint density at radius 2 is 1.45 bits per heavy atom. The number of nitrogens with two attached hydrogens (primary N) is 1. The summed E-state index contributed by atoms with van der Waals surface area (Å²) in [6.45, 7) is 6.06. The molecular weight excluding hydrogens is 743 g/mol. The first-order valence-electron chi connectivity index (χ1n) is 18.7. The van der Waals surface area contributed by atoms with Gasteiger partial charge in [0.1, 0.15) is 6.10 Å². The van der Waals surface area contributed by atoms with E-state index in [-0.39, 0.29) is 18.1 Å². The van der Waals surface area contributed by atoms with Gasteiger partial charge in [-0.1, -0.05) is 13.8 Å². The third kappa shape index (κ3) is 10.1. The Labute approximate surface area is 333 Å². The summed E-state index contributed by atoms with van der Waals surface area (Å²) in [4.78, 5) is 21.7. The van der Waals surface area contributed by atoms with Crippen LogP contribution in [0.5, 0.6) is 40.2 Å². The molecule has 0 spiro atoms. The number of amides is 1. The number of carbonyl (C=O) groups is 1. The van der Waals surface area contributed by atoms with Crippen molar-refractivity contribution in [3.05, 3.63) is 65.2 Å². The smallest absolute Gasteiger partial charge is 0.256 e. The molecule has 0 radical (unpaired) electrons. The Morgan fingerprint density at radius 1 is 0.818 bits per heavy atom. The molecule has 0 bridgehead atoms. The van der Waals surface area contributed by atoms with Crippen LogP contribution in [0.4, 0.5) is 5.69 Å². The lowest BCUT2D eigenvalue weighted by Gasteiger charge is -2.31. The van der Waals surface area contributed by atoms with E-state index < -0.39 is 0 Å². The number of anilines is 1. The van der Waals surface area contributed by atoms with Gasteiger partial charge in [0.25, 0.3) is 5.91 Å². The standard InChI is InChI=1S/C41H55N3O9S2/c1-8-54-41(55-9-2)31-14-13-17-44(31)40(45)28-23-35(47-4)36(24-29(28)42)52-19-12-10-11-18-51-32-16-15-26(20-34(32)46-3)30-25-33(53-43-30)27-21-37(48-5)39(50-7)38(22-27)49-6/h15-16,20-25,31,33,41,43H,8-14,17-19,42H2,1-7H3/t31-,33?/m0/s1. The number of rotatable bonds is 21. The lowest BCUT2D eigenvalue weighted by molar-refractivity contribution is 0.0508. The molecular formula is C41H55N3O9S2. The average molecular weight is 798 g/mol. The number of methoxy groups -OCH3 is 5. The molecule has 0 saturated carbocycles. The van der Waals surface area contributed by atoms with Crippen LogP contribution >= 0.6 is 23.5 Å². The molecule has 0 aromatic heterocycles. The van der Waals surface area contributed by atoms with Gasteiger partial charge in [0.05, 0.1) is 70.6 Å². The van der Waals surface area contributed by atoms with Crippen molar-refractivity contribution < 1.29 is 42.8 Å². The Kier molecular flexibility index (Phi) is 15.7. The van der Waals surface area contributed by atoms with Gasteiger partial charge in [-0.05, 0) is 91.6 Å². The van der Waals surface area contributed by atoms with Gasteiger partial charge in [-0.25, -0.2) is 0 Å². The van der Waals surface area contributed by atoms with E-state index in [4.69, 9.17) is 43.7 Å². The molecule has 1 saturated heterocycles. The average Bonchev–Trinajstić information content (AvgIpc) is 3.91. The number of nitrogens with zero attached hydrogens (tertiary/aromatic N) is 1. The Morgan fingerprint density at radius 3 is 2.07 bits per heavy atom. The molecule has 55 heavy (non-hydrogen) atoms. The highest BCUT2D eigenvalue weighted by atomic mass is 32.2. The molecule has 3 aromatic carbocycles. The second-order valence-corrected chi connectivity index (χ2v) is 16.0. The van der Waals surface area contributed by atoms with Gasteiger partial charge < -0.3 is 43.8 Å². The van der Waals surface area contributed by atoms with Crippen molar-refractivity contribution >= 4 is 40.8 Å². The Bertz CT molecular complexity index is 1740. The van der Waals surface area contributed by atoms with Crippen LogP contribution in [0.3, 0.4) is 0 Å². The number of thioether (sulfide) groups is 2. The summed E-state index contributed by atoms with van der Waals surface area (Å²) in [7, 11) is 7.94. The number of likely N-dealkylation sites (tertiary alicyclic amines) is 1. The fourth-order valence-corrected chi connectivity index (χ4v) is 9.61. The molecule has 3 N–H and O–H groups in total. The molecule has 1 unspecified atom stereocenters. The first-order chi connectivity index (χ1) is 26.8. The van der Waals surface area contributed by atoms with Crippen molar-refractivity contribution in [2.45, 2.75) is 62.7 Å². The van der Waals surface area contributed by atoms with Crippen LogP contribution in [0, 0.1) is 0 Å². The third-order valence-corrected chi connectivity index (χ3v) is 12.3. The summed E-state index contributed by atoms with van der Waals surface area (Å²) < 4.78 is 40.3. The maximum Gasteiger partial charge on any atom is 0.256 e. The van der Waals surface area contributed by atoms with Gasteiger partial charge in [-0.3, -0.25) is 15.1 Å². The number of nitrogens with one attached hydrogen (secondary N) is 1. The number of hydrogen-bond acceptors (Lipinski definition) is 13. The summed E-state index contributed by atoms with van der Waals surface area (Å²) in [5, 5.41) is 0. The fraction of sp³-hybridized carbons (Fsp3) is 0.488. The molecule has 0 aliphatic carbocycles. The lowest BCUT2D eigenvalue weighted by atomic mass is 10.0. The highest BCUT2D eigenvalue weighted by Crippen LogP contribution is 2.43. The SMILES string of the molecule is CCSC(SCC)[C@@H]1CCCN1C(=O)c1cc(OC)c(OCCCCCOc2ccc(C3=CC(c4cc(OC)c(OC)c(OC)c4)ON3)cc2OC)cc1N. The van der Waals surface area contributed by atoms with Gasteiger partial charge in [0.2, 0.25) is 5.75 Å². The molecule has 300 valence electrons. The molecule has 2 aliphatic heterocycles. The number of hydroxylamine groups is 1. The molecule has 12 nitrogen and oxygen atoms in total. The number of hydrogen-bond donors (Lipinski definition) is 2. The van der Waals surface area contributed by atoms with Crippen LogP contribution in [0.25, 0.3) is 5.70 Å². The van der Waals surface area contributed by atoms with Gasteiger partial charge >= 0.3 is 0 Å². The van der Waals surface area contributed by atoms with Crippen molar-refractivity contribution in [1.29, 1.82) is 0 Å². The van der Waals surface area contributed by atoms with E-state index in [1.54, 1.807) is 47.7 Å².